The van der Waals surface area contributed by atoms with Gasteiger partial charge in [0, 0.05) is 25.9 Å². The minimum Gasteiger partial charge on any atom is -0.355 e. The van der Waals surface area contributed by atoms with Crippen molar-refractivity contribution >= 4 is 35.4 Å². The largest absolute Gasteiger partial charge is 0.355 e. The van der Waals surface area contributed by atoms with E-state index >= 15 is 0 Å². The molecule has 1 aliphatic heterocycles. The maximum absolute atomic E-state index is 13.3. The summed E-state index contributed by atoms with van der Waals surface area (Å²) < 4.78 is 0. The molecule has 41 heavy (non-hydrogen) atoms. The number of nitrogens with one attached hydrogen (secondary N) is 5. The molecule has 0 bridgehead atoms. The van der Waals surface area contributed by atoms with Crippen LogP contribution in [0.3, 0.4) is 0 Å². The Balaban J connectivity index is 2.33. The van der Waals surface area contributed by atoms with E-state index in [0.29, 0.717) is 6.42 Å². The number of carbonyl (C=O) groups is 6. The topological polar surface area (TPSA) is 166 Å². The molecule has 6 amide bonds. The Morgan fingerprint density at radius 1 is 0.951 bits per heavy atom. The molecule has 4 atom stereocenters. The van der Waals surface area contributed by atoms with Gasteiger partial charge in [-0.2, -0.15) is 0 Å². The van der Waals surface area contributed by atoms with Crippen molar-refractivity contribution in [2.75, 3.05) is 20.1 Å². The van der Waals surface area contributed by atoms with Crippen LogP contribution in [0.1, 0.15) is 53.0 Å². The van der Waals surface area contributed by atoms with E-state index in [2.05, 4.69) is 26.6 Å². The van der Waals surface area contributed by atoms with E-state index in [1.807, 2.05) is 30.3 Å². The fraction of sp³-hybridized carbons (Fsp3) is 0.586. The quantitative estimate of drug-likeness (QED) is 0.330. The molecule has 2 rings (SSSR count). The Hall–Kier alpha value is -3.96. The summed E-state index contributed by atoms with van der Waals surface area (Å²) >= 11 is 0. The predicted octanol–water partition coefficient (Wildman–Crippen LogP) is -0.131. The molecule has 5 N–H and O–H groups in total. The molecular weight excluding hydrogens is 528 g/mol. The van der Waals surface area contributed by atoms with Gasteiger partial charge in [0.05, 0.1) is 6.54 Å². The first-order chi connectivity index (χ1) is 19.3. The van der Waals surface area contributed by atoms with E-state index in [-0.39, 0.29) is 43.7 Å². The van der Waals surface area contributed by atoms with Crippen molar-refractivity contribution in [1.82, 2.24) is 31.5 Å². The maximum Gasteiger partial charge on any atom is 0.245 e. The second-order valence-corrected chi connectivity index (χ2v) is 11.1. The van der Waals surface area contributed by atoms with E-state index in [9.17, 15) is 28.8 Å². The summed E-state index contributed by atoms with van der Waals surface area (Å²) in [5.41, 5.74) is 0.810. The van der Waals surface area contributed by atoms with Crippen molar-refractivity contribution in [3.8, 4) is 0 Å². The highest BCUT2D eigenvalue weighted by molar-refractivity contribution is 5.96. The summed E-state index contributed by atoms with van der Waals surface area (Å²) in [7, 11) is 1.48. The highest BCUT2D eigenvalue weighted by Gasteiger charge is 2.32. The first-order valence-corrected chi connectivity index (χ1v) is 14.1. The monoisotopic (exact) mass is 572 g/mol. The molecule has 1 aromatic rings. The molecule has 0 aromatic heterocycles. The molecule has 0 spiro atoms. The lowest BCUT2D eigenvalue weighted by atomic mass is 10.0. The number of likely N-dealkylation sites (N-methyl/N-ethyl adjacent to an activating group) is 1. The van der Waals surface area contributed by atoms with Crippen LogP contribution in [0.5, 0.6) is 0 Å². The second kappa shape index (κ2) is 15.7. The van der Waals surface area contributed by atoms with E-state index < -0.39 is 53.7 Å². The number of rotatable bonds is 5. The Labute approximate surface area is 241 Å². The van der Waals surface area contributed by atoms with Gasteiger partial charge in [-0.25, -0.2) is 0 Å². The summed E-state index contributed by atoms with van der Waals surface area (Å²) in [5.74, 6) is -3.58. The first-order valence-electron chi connectivity index (χ1n) is 14.1. The summed E-state index contributed by atoms with van der Waals surface area (Å²) in [6.07, 6.45) is 0.762. The van der Waals surface area contributed by atoms with Crippen LogP contribution in [0.2, 0.25) is 0 Å². The van der Waals surface area contributed by atoms with Crippen molar-refractivity contribution in [3.63, 3.8) is 0 Å². The molecule has 226 valence electrons. The SMILES string of the molecule is CC(C)C(=O)N[C@H]1CCCNC(=O)CN(C)C(=O)[C@H](Cc2ccccc2)NC(=O)[C@@H](C)NC(=O)[C@@H](C(C)C)NC1=O. The Morgan fingerprint density at radius 3 is 2.22 bits per heavy atom. The molecule has 1 aliphatic rings. The third-order valence-electron chi connectivity index (χ3n) is 6.80. The number of amides is 6. The number of hydrogen-bond acceptors (Lipinski definition) is 6. The summed E-state index contributed by atoms with van der Waals surface area (Å²) in [6.45, 7) is 8.36. The zero-order chi connectivity index (χ0) is 30.7. The van der Waals surface area contributed by atoms with Crippen LogP contribution in [0.25, 0.3) is 0 Å². The third kappa shape index (κ3) is 10.5. The Kier molecular flexibility index (Phi) is 12.8. The highest BCUT2D eigenvalue weighted by Crippen LogP contribution is 2.09. The minimum atomic E-state index is -1.03. The van der Waals surface area contributed by atoms with Gasteiger partial charge in [-0.15, -0.1) is 0 Å². The second-order valence-electron chi connectivity index (χ2n) is 11.1. The molecule has 1 saturated heterocycles. The van der Waals surface area contributed by atoms with Crippen molar-refractivity contribution in [2.45, 2.75) is 78.0 Å². The summed E-state index contributed by atoms with van der Waals surface area (Å²) in [4.78, 5) is 79.1. The van der Waals surface area contributed by atoms with E-state index in [0.717, 1.165) is 5.56 Å². The summed E-state index contributed by atoms with van der Waals surface area (Å²) in [6, 6.07) is 5.21. The molecule has 1 heterocycles. The van der Waals surface area contributed by atoms with Gasteiger partial charge >= 0.3 is 0 Å². The summed E-state index contributed by atoms with van der Waals surface area (Å²) in [5, 5.41) is 13.5. The van der Waals surface area contributed by atoms with Crippen LogP contribution in [0.15, 0.2) is 30.3 Å². The van der Waals surface area contributed by atoms with E-state index in [4.69, 9.17) is 0 Å². The number of benzene rings is 1. The van der Waals surface area contributed by atoms with Crippen LogP contribution < -0.4 is 26.6 Å². The zero-order valence-electron chi connectivity index (χ0n) is 24.8. The van der Waals surface area contributed by atoms with Gasteiger partial charge in [0.25, 0.3) is 0 Å². The first kappa shape index (κ1) is 33.2. The fourth-order valence-electron chi connectivity index (χ4n) is 4.26. The molecule has 0 radical (unpaired) electrons. The minimum absolute atomic E-state index is 0.187. The zero-order valence-corrected chi connectivity index (χ0v) is 24.8. The fourth-order valence-corrected chi connectivity index (χ4v) is 4.26. The molecule has 12 heteroatoms. The molecule has 1 aromatic carbocycles. The van der Waals surface area contributed by atoms with Crippen molar-refractivity contribution < 1.29 is 28.8 Å². The van der Waals surface area contributed by atoms with Gasteiger partial charge in [0.1, 0.15) is 24.2 Å². The molecular formula is C29H44N6O6. The van der Waals surface area contributed by atoms with Gasteiger partial charge < -0.3 is 31.5 Å². The maximum atomic E-state index is 13.3. The van der Waals surface area contributed by atoms with E-state index in [1.165, 1.54) is 18.9 Å². The molecule has 0 saturated carbocycles. The van der Waals surface area contributed by atoms with Crippen LogP contribution in [0, 0.1) is 11.8 Å². The van der Waals surface area contributed by atoms with Gasteiger partial charge in [-0.3, -0.25) is 28.8 Å². The lowest BCUT2D eigenvalue weighted by Gasteiger charge is -2.28. The van der Waals surface area contributed by atoms with E-state index in [1.54, 1.807) is 27.7 Å². The Bertz CT molecular complexity index is 1090. The van der Waals surface area contributed by atoms with Crippen LogP contribution in [-0.2, 0) is 35.2 Å². The van der Waals surface area contributed by atoms with Gasteiger partial charge in [-0.1, -0.05) is 58.0 Å². The van der Waals surface area contributed by atoms with Crippen LogP contribution >= 0.6 is 0 Å². The highest BCUT2D eigenvalue weighted by atomic mass is 16.2. The van der Waals surface area contributed by atoms with Crippen molar-refractivity contribution in [2.24, 2.45) is 11.8 Å². The average Bonchev–Trinajstić information content (AvgIpc) is 2.91. The lowest BCUT2D eigenvalue weighted by molar-refractivity contribution is -0.139. The van der Waals surface area contributed by atoms with Gasteiger partial charge in [0.2, 0.25) is 35.4 Å². The standard InChI is InChI=1S/C29H44N6O6/c1-17(2)24-28(40)31-19(5)26(38)33-22(15-20-11-8-7-9-12-20)29(41)35(6)16-23(36)30-14-10-13-21(27(39)34-24)32-25(37)18(3)4/h7-9,11-12,17-19,21-22,24H,10,13-16H2,1-6H3,(H,30,36)(H,31,40)(H,32,37)(H,33,38)(H,34,39)/t19-,21+,22+,24-/m1/s1. The number of nitrogens with zero attached hydrogens (tertiary/aromatic N) is 1. The molecule has 0 unspecified atom stereocenters. The molecule has 0 aliphatic carbocycles. The normalized spacial score (nSPS) is 24.1. The van der Waals surface area contributed by atoms with Crippen molar-refractivity contribution in [3.05, 3.63) is 35.9 Å². The van der Waals surface area contributed by atoms with Crippen molar-refractivity contribution in [1.29, 1.82) is 0 Å². The van der Waals surface area contributed by atoms with Gasteiger partial charge in [0.15, 0.2) is 0 Å². The Morgan fingerprint density at radius 2 is 1.61 bits per heavy atom. The van der Waals surface area contributed by atoms with Crippen LogP contribution in [0.4, 0.5) is 0 Å². The van der Waals surface area contributed by atoms with Crippen LogP contribution in [-0.4, -0.2) is 84.6 Å². The molecule has 12 nitrogen and oxygen atoms in total. The third-order valence-corrected chi connectivity index (χ3v) is 6.80. The average molecular weight is 573 g/mol. The lowest BCUT2D eigenvalue weighted by Crippen LogP contribution is -2.59. The predicted molar refractivity (Wildman–Crippen MR) is 153 cm³/mol. The number of hydrogen-bond donors (Lipinski definition) is 5. The van der Waals surface area contributed by atoms with Gasteiger partial charge in [-0.05, 0) is 31.2 Å². The molecule has 1 fully saturated rings. The smallest absolute Gasteiger partial charge is 0.245 e. The number of carbonyl (C=O) groups excluding carboxylic acids is 6.